The summed E-state index contributed by atoms with van der Waals surface area (Å²) >= 11 is 1.76. The number of hydrogen-bond acceptors (Lipinski definition) is 3. The van der Waals surface area contributed by atoms with Crippen molar-refractivity contribution >= 4 is 23.2 Å². The summed E-state index contributed by atoms with van der Waals surface area (Å²) in [7, 11) is 3.50. The number of guanidine groups is 1. The zero-order valence-electron chi connectivity index (χ0n) is 14.8. The minimum absolute atomic E-state index is 0.00605. The van der Waals surface area contributed by atoms with Gasteiger partial charge in [0.2, 0.25) is 5.91 Å². The van der Waals surface area contributed by atoms with Gasteiger partial charge in [0.1, 0.15) is 6.54 Å². The third-order valence-electron chi connectivity index (χ3n) is 3.37. The third kappa shape index (κ3) is 9.23. The molecule has 0 radical (unpaired) electrons. The predicted octanol–water partition coefficient (Wildman–Crippen LogP) is 2.35. The summed E-state index contributed by atoms with van der Waals surface area (Å²) < 4.78 is 0. The van der Waals surface area contributed by atoms with E-state index in [1.54, 1.807) is 30.3 Å². The minimum atomic E-state index is 0.00605. The Balaban J connectivity index is 2.42. The van der Waals surface area contributed by atoms with Crippen LogP contribution in [0.1, 0.15) is 31.6 Å². The SMILES string of the molecule is CC(C)CCCNC(=NCC(=O)N(C)C)NCCc1cccs1. The lowest BCUT2D eigenvalue weighted by atomic mass is 10.1. The molecule has 0 unspecified atom stereocenters. The second-order valence-electron chi connectivity index (χ2n) is 6.17. The van der Waals surface area contributed by atoms with Crippen LogP contribution in [0, 0.1) is 5.92 Å². The van der Waals surface area contributed by atoms with E-state index in [1.165, 1.54) is 11.3 Å². The van der Waals surface area contributed by atoms with Crippen molar-refractivity contribution in [1.82, 2.24) is 15.5 Å². The Morgan fingerprint density at radius 2 is 2.04 bits per heavy atom. The number of aliphatic imine (C=N–C) groups is 1. The molecule has 0 bridgehead atoms. The van der Waals surface area contributed by atoms with Gasteiger partial charge in [-0.15, -0.1) is 11.3 Å². The van der Waals surface area contributed by atoms with Crippen molar-refractivity contribution in [3.8, 4) is 0 Å². The first-order valence-corrected chi connectivity index (χ1v) is 9.11. The van der Waals surface area contributed by atoms with Crippen LogP contribution >= 0.6 is 11.3 Å². The molecule has 0 aromatic carbocycles. The Labute approximate surface area is 144 Å². The monoisotopic (exact) mass is 338 g/mol. The van der Waals surface area contributed by atoms with Gasteiger partial charge in [-0.3, -0.25) is 4.79 Å². The topological polar surface area (TPSA) is 56.7 Å². The molecule has 0 aliphatic carbocycles. The van der Waals surface area contributed by atoms with Gasteiger partial charge in [0.05, 0.1) is 0 Å². The second kappa shape index (κ2) is 11.0. The number of carbonyl (C=O) groups is 1. The van der Waals surface area contributed by atoms with E-state index >= 15 is 0 Å². The average molecular weight is 339 g/mol. The van der Waals surface area contributed by atoms with Crippen molar-refractivity contribution in [2.75, 3.05) is 33.7 Å². The van der Waals surface area contributed by atoms with Crippen LogP contribution in [0.5, 0.6) is 0 Å². The number of amides is 1. The van der Waals surface area contributed by atoms with Gasteiger partial charge in [-0.1, -0.05) is 19.9 Å². The molecular weight excluding hydrogens is 308 g/mol. The maximum absolute atomic E-state index is 11.7. The summed E-state index contributed by atoms with van der Waals surface area (Å²) in [6, 6.07) is 4.20. The molecule has 0 aliphatic heterocycles. The van der Waals surface area contributed by atoms with Crippen molar-refractivity contribution < 1.29 is 4.79 Å². The summed E-state index contributed by atoms with van der Waals surface area (Å²) in [5.74, 6) is 1.44. The first-order valence-electron chi connectivity index (χ1n) is 8.23. The Morgan fingerprint density at radius 3 is 2.65 bits per heavy atom. The summed E-state index contributed by atoms with van der Waals surface area (Å²) in [5.41, 5.74) is 0. The standard InChI is InChI=1S/C17H30N4OS/c1-14(2)7-5-10-18-17(20-13-16(22)21(3)4)19-11-9-15-8-6-12-23-15/h6,8,12,14H,5,7,9-11,13H2,1-4H3,(H2,18,19,20). The molecule has 6 heteroatoms. The van der Waals surface area contributed by atoms with Crippen LogP contribution in [-0.4, -0.2) is 50.5 Å². The van der Waals surface area contributed by atoms with E-state index in [4.69, 9.17) is 0 Å². The molecule has 0 spiro atoms. The normalized spacial score (nSPS) is 11.6. The molecule has 2 N–H and O–H groups in total. The van der Waals surface area contributed by atoms with E-state index < -0.39 is 0 Å². The quantitative estimate of drug-likeness (QED) is 0.413. The summed E-state index contributed by atoms with van der Waals surface area (Å²) in [4.78, 5) is 19.0. The molecule has 1 heterocycles. The van der Waals surface area contributed by atoms with Gasteiger partial charge in [-0.2, -0.15) is 0 Å². The fourth-order valence-electron chi connectivity index (χ4n) is 1.94. The van der Waals surface area contributed by atoms with Crippen LogP contribution < -0.4 is 10.6 Å². The minimum Gasteiger partial charge on any atom is -0.356 e. The van der Waals surface area contributed by atoms with E-state index in [1.807, 2.05) is 0 Å². The van der Waals surface area contributed by atoms with E-state index in [2.05, 4.69) is 47.0 Å². The Hall–Kier alpha value is -1.56. The second-order valence-corrected chi connectivity index (χ2v) is 7.20. The Bertz CT molecular complexity index is 469. The van der Waals surface area contributed by atoms with Crippen LogP contribution in [-0.2, 0) is 11.2 Å². The third-order valence-corrected chi connectivity index (χ3v) is 4.30. The van der Waals surface area contributed by atoms with Crippen LogP contribution in [0.15, 0.2) is 22.5 Å². The number of thiophene rings is 1. The molecule has 0 fully saturated rings. The maximum atomic E-state index is 11.7. The van der Waals surface area contributed by atoms with E-state index in [9.17, 15) is 4.79 Å². The molecule has 1 aromatic heterocycles. The molecule has 1 amide bonds. The molecule has 1 aromatic rings. The van der Waals surface area contributed by atoms with Gasteiger partial charge in [-0.25, -0.2) is 4.99 Å². The first-order chi connectivity index (χ1) is 11.0. The predicted molar refractivity (Wildman–Crippen MR) is 99.1 cm³/mol. The number of carbonyl (C=O) groups excluding carboxylic acids is 1. The lowest BCUT2D eigenvalue weighted by Gasteiger charge is -2.14. The van der Waals surface area contributed by atoms with Crippen molar-refractivity contribution in [2.45, 2.75) is 33.1 Å². The highest BCUT2D eigenvalue weighted by Gasteiger charge is 2.05. The number of nitrogens with zero attached hydrogens (tertiary/aromatic N) is 2. The molecule has 130 valence electrons. The van der Waals surface area contributed by atoms with Crippen molar-refractivity contribution in [3.63, 3.8) is 0 Å². The van der Waals surface area contributed by atoms with Crippen LogP contribution in [0.25, 0.3) is 0 Å². The zero-order chi connectivity index (χ0) is 17.1. The Kier molecular flexibility index (Phi) is 9.36. The first kappa shape index (κ1) is 19.5. The maximum Gasteiger partial charge on any atom is 0.243 e. The number of hydrogen-bond donors (Lipinski definition) is 2. The van der Waals surface area contributed by atoms with Crippen molar-refractivity contribution in [2.24, 2.45) is 10.9 Å². The lowest BCUT2D eigenvalue weighted by molar-refractivity contribution is -0.127. The average Bonchev–Trinajstić information content (AvgIpc) is 3.00. The van der Waals surface area contributed by atoms with E-state index in [0.717, 1.165) is 31.9 Å². The van der Waals surface area contributed by atoms with Gasteiger partial charge in [0.25, 0.3) is 0 Å². The van der Waals surface area contributed by atoms with Crippen LogP contribution in [0.4, 0.5) is 0 Å². The molecular formula is C17H30N4OS. The highest BCUT2D eigenvalue weighted by atomic mass is 32.1. The fraction of sp³-hybridized carbons (Fsp3) is 0.647. The van der Waals surface area contributed by atoms with Gasteiger partial charge >= 0.3 is 0 Å². The highest BCUT2D eigenvalue weighted by molar-refractivity contribution is 7.09. The zero-order valence-corrected chi connectivity index (χ0v) is 15.6. The van der Waals surface area contributed by atoms with Crippen LogP contribution in [0.3, 0.4) is 0 Å². The van der Waals surface area contributed by atoms with Crippen LogP contribution in [0.2, 0.25) is 0 Å². The smallest absolute Gasteiger partial charge is 0.243 e. The van der Waals surface area contributed by atoms with Gasteiger partial charge in [0.15, 0.2) is 5.96 Å². The molecule has 23 heavy (non-hydrogen) atoms. The fourth-order valence-corrected chi connectivity index (χ4v) is 2.65. The van der Waals surface area contributed by atoms with Crippen molar-refractivity contribution in [1.29, 1.82) is 0 Å². The van der Waals surface area contributed by atoms with Gasteiger partial charge in [-0.05, 0) is 36.6 Å². The summed E-state index contributed by atoms with van der Waals surface area (Å²) in [6.07, 6.45) is 3.25. The van der Waals surface area contributed by atoms with Crippen molar-refractivity contribution in [3.05, 3.63) is 22.4 Å². The van der Waals surface area contributed by atoms with Gasteiger partial charge < -0.3 is 15.5 Å². The molecule has 0 aliphatic rings. The number of rotatable bonds is 9. The molecule has 0 saturated carbocycles. The van der Waals surface area contributed by atoms with Gasteiger partial charge in [0, 0.05) is 32.1 Å². The highest BCUT2D eigenvalue weighted by Crippen LogP contribution is 2.08. The molecule has 5 nitrogen and oxygen atoms in total. The van der Waals surface area contributed by atoms with E-state index in [0.29, 0.717) is 5.92 Å². The number of likely N-dealkylation sites (N-methyl/N-ethyl adjacent to an activating group) is 1. The Morgan fingerprint density at radius 1 is 1.30 bits per heavy atom. The summed E-state index contributed by atoms with van der Waals surface area (Å²) in [5, 5.41) is 8.72. The van der Waals surface area contributed by atoms with E-state index in [-0.39, 0.29) is 12.5 Å². The molecule has 0 atom stereocenters. The molecule has 0 saturated heterocycles. The largest absolute Gasteiger partial charge is 0.356 e. The number of nitrogens with one attached hydrogen (secondary N) is 2. The summed E-state index contributed by atoms with van der Waals surface area (Å²) in [6.45, 7) is 6.31. The molecule has 1 rings (SSSR count). The lowest BCUT2D eigenvalue weighted by Crippen LogP contribution is -2.40.